The van der Waals surface area contributed by atoms with Crippen molar-refractivity contribution in [1.29, 1.82) is 0 Å². The minimum Gasteiger partial charge on any atom is -0.286 e. The standard InChI is InChI=1S/C10H7BrFN3/c11-9-3-1-8(2-4-9)10-14-13-7-15(10)6-5-12/h1-7H/b6-5+. The third kappa shape index (κ3) is 2.12. The normalized spacial score (nSPS) is 11.1. The van der Waals surface area contributed by atoms with Crippen molar-refractivity contribution >= 4 is 22.1 Å². The zero-order valence-corrected chi connectivity index (χ0v) is 9.23. The molecule has 0 radical (unpaired) electrons. The van der Waals surface area contributed by atoms with E-state index in [0.717, 1.165) is 10.0 Å². The molecule has 0 aliphatic rings. The number of hydrogen-bond acceptors (Lipinski definition) is 2. The molecule has 0 fully saturated rings. The fraction of sp³-hybridized carbons (Fsp3) is 0. The zero-order chi connectivity index (χ0) is 10.7. The molecule has 5 heteroatoms. The number of halogens is 2. The van der Waals surface area contributed by atoms with E-state index < -0.39 is 0 Å². The molecule has 1 heterocycles. The molecule has 0 unspecified atom stereocenters. The summed E-state index contributed by atoms with van der Waals surface area (Å²) >= 11 is 3.34. The molecule has 2 rings (SSSR count). The van der Waals surface area contributed by atoms with Gasteiger partial charge in [-0.05, 0) is 12.1 Å². The second kappa shape index (κ2) is 4.35. The quantitative estimate of drug-likeness (QED) is 0.837. The van der Waals surface area contributed by atoms with Crippen LogP contribution in [0.4, 0.5) is 4.39 Å². The van der Waals surface area contributed by atoms with Crippen molar-refractivity contribution in [3.8, 4) is 11.4 Å². The molecule has 0 bridgehead atoms. The number of aromatic nitrogens is 3. The topological polar surface area (TPSA) is 30.7 Å². The van der Waals surface area contributed by atoms with Crippen LogP contribution in [0.25, 0.3) is 17.6 Å². The summed E-state index contributed by atoms with van der Waals surface area (Å²) in [6, 6.07) is 7.56. The number of benzene rings is 1. The van der Waals surface area contributed by atoms with E-state index in [1.165, 1.54) is 17.1 Å². The summed E-state index contributed by atoms with van der Waals surface area (Å²) < 4.78 is 14.6. The van der Waals surface area contributed by atoms with Gasteiger partial charge in [-0.25, -0.2) is 4.39 Å². The molecule has 0 aliphatic heterocycles. The Morgan fingerprint density at radius 2 is 2.00 bits per heavy atom. The van der Waals surface area contributed by atoms with Gasteiger partial charge in [0, 0.05) is 16.2 Å². The van der Waals surface area contributed by atoms with Crippen molar-refractivity contribution in [3.63, 3.8) is 0 Å². The molecule has 2 aromatic rings. The number of hydrogen-bond donors (Lipinski definition) is 0. The summed E-state index contributed by atoms with van der Waals surface area (Å²) in [4.78, 5) is 0. The zero-order valence-electron chi connectivity index (χ0n) is 7.64. The summed E-state index contributed by atoms with van der Waals surface area (Å²) in [6.07, 6.45) is 3.16. The van der Waals surface area contributed by atoms with Gasteiger partial charge in [-0.2, -0.15) is 0 Å². The van der Waals surface area contributed by atoms with Gasteiger partial charge in [-0.3, -0.25) is 4.57 Å². The number of rotatable bonds is 2. The van der Waals surface area contributed by atoms with Crippen LogP contribution in [0.1, 0.15) is 0 Å². The Balaban J connectivity index is 2.44. The second-order valence-corrected chi connectivity index (χ2v) is 3.76. The van der Waals surface area contributed by atoms with Crippen molar-refractivity contribution in [2.24, 2.45) is 0 Å². The van der Waals surface area contributed by atoms with E-state index in [2.05, 4.69) is 26.1 Å². The first kappa shape index (κ1) is 10.0. The third-order valence-electron chi connectivity index (χ3n) is 1.89. The summed E-state index contributed by atoms with van der Waals surface area (Å²) in [7, 11) is 0. The molecule has 1 aromatic carbocycles. The summed E-state index contributed by atoms with van der Waals surface area (Å²) in [5.74, 6) is 0.608. The summed E-state index contributed by atoms with van der Waals surface area (Å²) in [5.41, 5.74) is 0.883. The predicted octanol–water partition coefficient (Wildman–Crippen LogP) is 3.11. The molecular formula is C10H7BrFN3. The maximum atomic E-state index is 12.1. The average molecular weight is 268 g/mol. The largest absolute Gasteiger partial charge is 0.286 e. The molecule has 15 heavy (non-hydrogen) atoms. The lowest BCUT2D eigenvalue weighted by molar-refractivity contribution is 0.722. The van der Waals surface area contributed by atoms with Crippen LogP contribution in [-0.2, 0) is 0 Å². The van der Waals surface area contributed by atoms with Gasteiger partial charge in [0.2, 0.25) is 0 Å². The Kier molecular flexibility index (Phi) is 2.91. The van der Waals surface area contributed by atoms with Crippen LogP contribution in [0, 0.1) is 0 Å². The molecule has 0 spiro atoms. The number of nitrogens with zero attached hydrogens (tertiary/aromatic N) is 3. The van der Waals surface area contributed by atoms with Crippen LogP contribution in [0.15, 0.2) is 41.4 Å². The van der Waals surface area contributed by atoms with E-state index in [4.69, 9.17) is 0 Å². The molecule has 3 nitrogen and oxygen atoms in total. The van der Waals surface area contributed by atoms with Gasteiger partial charge >= 0.3 is 0 Å². The highest BCUT2D eigenvalue weighted by Gasteiger charge is 2.04. The Hall–Kier alpha value is -1.49. The van der Waals surface area contributed by atoms with Gasteiger partial charge in [0.05, 0.1) is 0 Å². The highest BCUT2D eigenvalue weighted by atomic mass is 79.9. The van der Waals surface area contributed by atoms with Crippen molar-refractivity contribution in [2.45, 2.75) is 0 Å². The molecule has 0 N–H and O–H groups in total. The van der Waals surface area contributed by atoms with Crippen molar-refractivity contribution < 1.29 is 4.39 Å². The monoisotopic (exact) mass is 267 g/mol. The Bertz CT molecular complexity index is 476. The Labute approximate surface area is 94.4 Å². The third-order valence-corrected chi connectivity index (χ3v) is 2.42. The molecule has 0 amide bonds. The van der Waals surface area contributed by atoms with Gasteiger partial charge in [0.25, 0.3) is 0 Å². The lowest BCUT2D eigenvalue weighted by Gasteiger charge is -2.00. The smallest absolute Gasteiger partial charge is 0.167 e. The molecule has 76 valence electrons. The van der Waals surface area contributed by atoms with Crippen LogP contribution >= 0.6 is 15.9 Å². The SMILES string of the molecule is F/C=C/n1cnnc1-c1ccc(Br)cc1. The first-order valence-corrected chi connectivity index (χ1v) is 5.03. The van der Waals surface area contributed by atoms with Gasteiger partial charge in [-0.15, -0.1) is 10.2 Å². The molecule has 1 aromatic heterocycles. The first-order valence-electron chi connectivity index (χ1n) is 4.23. The average Bonchev–Trinajstić information content (AvgIpc) is 2.68. The molecule has 0 saturated carbocycles. The minimum absolute atomic E-state index is 0.450. The van der Waals surface area contributed by atoms with Gasteiger partial charge in [-0.1, -0.05) is 28.1 Å². The van der Waals surface area contributed by atoms with Crippen LogP contribution in [0.2, 0.25) is 0 Å². The summed E-state index contributed by atoms with van der Waals surface area (Å²) in [6.45, 7) is 0. The van der Waals surface area contributed by atoms with E-state index in [1.807, 2.05) is 24.3 Å². The van der Waals surface area contributed by atoms with E-state index in [0.29, 0.717) is 12.2 Å². The van der Waals surface area contributed by atoms with Gasteiger partial charge in [0.15, 0.2) is 5.82 Å². The van der Waals surface area contributed by atoms with Crippen LogP contribution < -0.4 is 0 Å². The fourth-order valence-corrected chi connectivity index (χ4v) is 1.48. The summed E-state index contributed by atoms with van der Waals surface area (Å²) in [5, 5.41) is 7.64. The van der Waals surface area contributed by atoms with Crippen LogP contribution in [0.5, 0.6) is 0 Å². The van der Waals surface area contributed by atoms with E-state index >= 15 is 0 Å². The van der Waals surface area contributed by atoms with Crippen LogP contribution in [0.3, 0.4) is 0 Å². The second-order valence-electron chi connectivity index (χ2n) is 2.84. The highest BCUT2D eigenvalue weighted by Crippen LogP contribution is 2.19. The molecule has 0 saturated heterocycles. The van der Waals surface area contributed by atoms with Gasteiger partial charge in [0.1, 0.15) is 12.7 Å². The highest BCUT2D eigenvalue weighted by molar-refractivity contribution is 9.10. The van der Waals surface area contributed by atoms with Crippen LogP contribution in [-0.4, -0.2) is 14.8 Å². The maximum absolute atomic E-state index is 12.1. The van der Waals surface area contributed by atoms with E-state index in [9.17, 15) is 4.39 Å². The van der Waals surface area contributed by atoms with E-state index in [-0.39, 0.29) is 0 Å². The molecule has 0 aliphatic carbocycles. The van der Waals surface area contributed by atoms with E-state index in [1.54, 1.807) is 0 Å². The lowest BCUT2D eigenvalue weighted by atomic mass is 10.2. The lowest BCUT2D eigenvalue weighted by Crippen LogP contribution is -1.89. The first-order chi connectivity index (χ1) is 7.31. The van der Waals surface area contributed by atoms with Crippen molar-refractivity contribution in [3.05, 3.63) is 41.4 Å². The Morgan fingerprint density at radius 3 is 2.67 bits per heavy atom. The van der Waals surface area contributed by atoms with Crippen molar-refractivity contribution in [2.75, 3.05) is 0 Å². The van der Waals surface area contributed by atoms with Gasteiger partial charge < -0.3 is 0 Å². The fourth-order valence-electron chi connectivity index (χ4n) is 1.22. The predicted molar refractivity (Wildman–Crippen MR) is 59.6 cm³/mol. The Morgan fingerprint density at radius 1 is 1.27 bits per heavy atom. The minimum atomic E-state index is 0.450. The maximum Gasteiger partial charge on any atom is 0.167 e. The molecular weight excluding hydrogens is 261 g/mol. The molecule has 0 atom stereocenters. The van der Waals surface area contributed by atoms with Crippen molar-refractivity contribution in [1.82, 2.24) is 14.8 Å².